The Bertz CT molecular complexity index is 378. The minimum atomic E-state index is -2.28. The first-order chi connectivity index (χ1) is 7.88. The average Bonchev–Trinajstić information content (AvgIpc) is 2.67. The molecule has 0 saturated carbocycles. The van der Waals surface area contributed by atoms with Crippen LogP contribution >= 0.6 is 0 Å². The largest absolute Gasteiger partial charge is 0.479 e. The molecule has 0 amide bonds. The molecule has 17 heavy (non-hydrogen) atoms. The van der Waals surface area contributed by atoms with Crippen LogP contribution in [-0.4, -0.2) is 33.9 Å². The van der Waals surface area contributed by atoms with Crippen LogP contribution in [0, 0.1) is 0 Å². The summed E-state index contributed by atoms with van der Waals surface area (Å²) in [7, 11) is 0. The molecule has 1 heterocycles. The van der Waals surface area contributed by atoms with Crippen molar-refractivity contribution >= 4 is 11.9 Å². The molecule has 0 saturated heterocycles. The molecule has 6 nitrogen and oxygen atoms in total. The molecular weight excluding hydrogens is 228 g/mol. The first-order valence-electron chi connectivity index (χ1n) is 5.04. The Balaban J connectivity index is 3.06. The number of ether oxygens (including phenoxy) is 1. The van der Waals surface area contributed by atoms with Crippen molar-refractivity contribution in [3.8, 4) is 0 Å². The SMILES string of the molecule is CC(C)OC(Cc1ccoc1)(C(=O)O)C(=O)O. The number of carboxylic acid groups (broad SMARTS) is 2. The number of furan rings is 1. The van der Waals surface area contributed by atoms with Gasteiger partial charge in [-0.25, -0.2) is 9.59 Å². The molecule has 1 aromatic heterocycles. The Hall–Kier alpha value is -1.82. The molecule has 0 spiro atoms. The molecule has 94 valence electrons. The maximum atomic E-state index is 11.2. The highest BCUT2D eigenvalue weighted by molar-refractivity contribution is 6.02. The van der Waals surface area contributed by atoms with Crippen LogP contribution in [0.5, 0.6) is 0 Å². The third kappa shape index (κ3) is 2.85. The maximum Gasteiger partial charge on any atom is 0.348 e. The van der Waals surface area contributed by atoms with Gasteiger partial charge in [0.05, 0.1) is 18.6 Å². The van der Waals surface area contributed by atoms with Crippen LogP contribution in [0.1, 0.15) is 19.4 Å². The minimum Gasteiger partial charge on any atom is -0.479 e. The van der Waals surface area contributed by atoms with Crippen molar-refractivity contribution in [1.29, 1.82) is 0 Å². The van der Waals surface area contributed by atoms with Crippen molar-refractivity contribution in [1.82, 2.24) is 0 Å². The van der Waals surface area contributed by atoms with Crippen molar-refractivity contribution in [2.24, 2.45) is 0 Å². The standard InChI is InChI=1S/C11H14O6/c1-7(2)17-11(9(12)13,10(14)15)5-8-3-4-16-6-8/h3-4,6-7H,5H2,1-2H3,(H,12,13)(H,14,15). The monoisotopic (exact) mass is 242 g/mol. The summed E-state index contributed by atoms with van der Waals surface area (Å²) in [5.41, 5.74) is -1.83. The van der Waals surface area contributed by atoms with Gasteiger partial charge in [-0.15, -0.1) is 0 Å². The molecule has 0 bridgehead atoms. The van der Waals surface area contributed by atoms with Crippen LogP contribution in [-0.2, 0) is 20.7 Å². The molecule has 1 rings (SSSR count). The van der Waals surface area contributed by atoms with E-state index in [1.54, 1.807) is 13.8 Å². The van der Waals surface area contributed by atoms with Gasteiger partial charge in [-0.1, -0.05) is 0 Å². The lowest BCUT2D eigenvalue weighted by Gasteiger charge is -2.26. The first-order valence-corrected chi connectivity index (χ1v) is 5.04. The van der Waals surface area contributed by atoms with Gasteiger partial charge in [0.2, 0.25) is 0 Å². The third-order valence-corrected chi connectivity index (χ3v) is 2.16. The summed E-state index contributed by atoms with van der Waals surface area (Å²) >= 11 is 0. The number of aliphatic carboxylic acids is 2. The molecule has 0 unspecified atom stereocenters. The molecule has 0 atom stereocenters. The minimum absolute atomic E-state index is 0.285. The molecule has 0 aliphatic heterocycles. The average molecular weight is 242 g/mol. The van der Waals surface area contributed by atoms with E-state index in [2.05, 4.69) is 0 Å². The van der Waals surface area contributed by atoms with Gasteiger partial charge in [-0.05, 0) is 25.5 Å². The molecule has 0 radical (unpaired) electrons. The number of carboxylic acids is 2. The lowest BCUT2D eigenvalue weighted by atomic mass is 9.95. The maximum absolute atomic E-state index is 11.2. The second kappa shape index (κ2) is 5.01. The third-order valence-electron chi connectivity index (χ3n) is 2.16. The van der Waals surface area contributed by atoms with E-state index >= 15 is 0 Å². The van der Waals surface area contributed by atoms with Crippen LogP contribution < -0.4 is 0 Å². The fraction of sp³-hybridized carbons (Fsp3) is 0.455. The van der Waals surface area contributed by atoms with Crippen molar-refractivity contribution in [2.45, 2.75) is 32.0 Å². The van der Waals surface area contributed by atoms with Gasteiger partial charge in [0.15, 0.2) is 0 Å². The number of carbonyl (C=O) groups is 2. The van der Waals surface area contributed by atoms with Crippen molar-refractivity contribution in [3.63, 3.8) is 0 Å². The zero-order valence-electron chi connectivity index (χ0n) is 9.54. The predicted molar refractivity (Wildman–Crippen MR) is 56.6 cm³/mol. The number of hydrogen-bond acceptors (Lipinski definition) is 4. The van der Waals surface area contributed by atoms with E-state index in [0.29, 0.717) is 5.56 Å². The molecule has 0 fully saturated rings. The number of hydrogen-bond donors (Lipinski definition) is 2. The van der Waals surface area contributed by atoms with Crippen LogP contribution in [0.25, 0.3) is 0 Å². The molecule has 0 aromatic carbocycles. The Labute approximate surface area is 97.8 Å². The van der Waals surface area contributed by atoms with Crippen LogP contribution in [0.15, 0.2) is 23.0 Å². The summed E-state index contributed by atoms with van der Waals surface area (Å²) in [6.07, 6.45) is 1.84. The van der Waals surface area contributed by atoms with Gasteiger partial charge in [0, 0.05) is 6.42 Å². The van der Waals surface area contributed by atoms with Gasteiger partial charge < -0.3 is 19.4 Å². The topological polar surface area (TPSA) is 97.0 Å². The fourth-order valence-corrected chi connectivity index (χ4v) is 1.47. The molecule has 2 N–H and O–H groups in total. The van der Waals surface area contributed by atoms with E-state index < -0.39 is 23.6 Å². The Morgan fingerprint density at radius 3 is 2.35 bits per heavy atom. The quantitative estimate of drug-likeness (QED) is 0.726. The van der Waals surface area contributed by atoms with E-state index in [1.807, 2.05) is 0 Å². The normalized spacial score (nSPS) is 11.7. The lowest BCUT2D eigenvalue weighted by Crippen LogP contribution is -2.52. The van der Waals surface area contributed by atoms with Crippen LogP contribution in [0.3, 0.4) is 0 Å². The predicted octanol–water partition coefficient (Wildman–Crippen LogP) is 1.16. The molecule has 0 aliphatic carbocycles. The van der Waals surface area contributed by atoms with Gasteiger partial charge in [0.1, 0.15) is 0 Å². The summed E-state index contributed by atoms with van der Waals surface area (Å²) in [5.74, 6) is -3.06. The summed E-state index contributed by atoms with van der Waals surface area (Å²) in [4.78, 5) is 22.4. The Morgan fingerprint density at radius 2 is 2.00 bits per heavy atom. The fourth-order valence-electron chi connectivity index (χ4n) is 1.47. The highest BCUT2D eigenvalue weighted by Crippen LogP contribution is 2.21. The lowest BCUT2D eigenvalue weighted by molar-refractivity contribution is -0.188. The zero-order chi connectivity index (χ0) is 13.1. The summed E-state index contributed by atoms with van der Waals surface area (Å²) in [6.45, 7) is 3.16. The van der Waals surface area contributed by atoms with Gasteiger partial charge in [0.25, 0.3) is 5.60 Å². The Morgan fingerprint density at radius 1 is 1.41 bits per heavy atom. The van der Waals surface area contributed by atoms with Crippen molar-refractivity contribution < 1.29 is 29.0 Å². The molecular formula is C11H14O6. The molecule has 0 aliphatic rings. The van der Waals surface area contributed by atoms with E-state index in [1.165, 1.54) is 18.6 Å². The molecule has 6 heteroatoms. The second-order valence-electron chi connectivity index (χ2n) is 3.91. The van der Waals surface area contributed by atoms with E-state index in [9.17, 15) is 9.59 Å². The second-order valence-corrected chi connectivity index (χ2v) is 3.91. The van der Waals surface area contributed by atoms with E-state index in [0.717, 1.165) is 0 Å². The summed E-state index contributed by atoms with van der Waals surface area (Å²) in [5, 5.41) is 18.2. The zero-order valence-corrected chi connectivity index (χ0v) is 9.54. The van der Waals surface area contributed by atoms with E-state index in [-0.39, 0.29) is 6.42 Å². The summed E-state index contributed by atoms with van der Waals surface area (Å²) in [6, 6.07) is 1.50. The first kappa shape index (κ1) is 13.2. The van der Waals surface area contributed by atoms with Crippen molar-refractivity contribution in [3.05, 3.63) is 24.2 Å². The van der Waals surface area contributed by atoms with E-state index in [4.69, 9.17) is 19.4 Å². The van der Waals surface area contributed by atoms with Gasteiger partial charge in [-0.3, -0.25) is 0 Å². The number of rotatable bonds is 6. The summed E-state index contributed by atoms with van der Waals surface area (Å²) < 4.78 is 9.88. The van der Waals surface area contributed by atoms with Gasteiger partial charge in [-0.2, -0.15) is 0 Å². The van der Waals surface area contributed by atoms with Gasteiger partial charge >= 0.3 is 11.9 Å². The van der Waals surface area contributed by atoms with Crippen molar-refractivity contribution in [2.75, 3.05) is 0 Å². The van der Waals surface area contributed by atoms with Crippen LogP contribution in [0.2, 0.25) is 0 Å². The van der Waals surface area contributed by atoms with Crippen LogP contribution in [0.4, 0.5) is 0 Å². The Kier molecular flexibility index (Phi) is 3.90. The molecule has 1 aromatic rings. The highest BCUT2D eigenvalue weighted by Gasteiger charge is 2.49. The highest BCUT2D eigenvalue weighted by atomic mass is 16.6. The smallest absolute Gasteiger partial charge is 0.348 e.